The van der Waals surface area contributed by atoms with Gasteiger partial charge in [-0.3, -0.25) is 14.9 Å². The molecule has 9 nitrogen and oxygen atoms in total. The van der Waals surface area contributed by atoms with Crippen LogP contribution in [0.3, 0.4) is 0 Å². The van der Waals surface area contributed by atoms with E-state index in [4.69, 9.17) is 10.8 Å². The standard InChI is InChI=1S/C11H15N3O6S/c12-7-1-2-10(11(15)16)13-21(19,20)9-5-3-8(4-6-9)14(17)18/h3-6,10,13H,1-2,7,12H2,(H,15,16)/t10-/m0/s1. The Balaban J connectivity index is 2.93. The summed E-state index contributed by atoms with van der Waals surface area (Å²) in [6, 6.07) is 2.85. The summed E-state index contributed by atoms with van der Waals surface area (Å²) in [4.78, 5) is 20.6. The number of aliphatic carboxylic acids is 1. The molecule has 0 radical (unpaired) electrons. The minimum atomic E-state index is -4.07. The Morgan fingerprint density at radius 1 is 1.38 bits per heavy atom. The zero-order valence-electron chi connectivity index (χ0n) is 10.9. The van der Waals surface area contributed by atoms with Crippen molar-refractivity contribution >= 4 is 21.7 Å². The lowest BCUT2D eigenvalue weighted by molar-refractivity contribution is -0.384. The quantitative estimate of drug-likeness (QED) is 0.452. The van der Waals surface area contributed by atoms with Crippen LogP contribution in [0.2, 0.25) is 0 Å². The van der Waals surface area contributed by atoms with Gasteiger partial charge in [0.2, 0.25) is 10.0 Å². The number of sulfonamides is 1. The minimum absolute atomic E-state index is 0.0536. The Bertz CT molecular complexity index is 613. The van der Waals surface area contributed by atoms with Crippen molar-refractivity contribution < 1.29 is 23.2 Å². The summed E-state index contributed by atoms with van der Waals surface area (Å²) in [5.74, 6) is -1.31. The molecular formula is C11H15N3O6S. The highest BCUT2D eigenvalue weighted by atomic mass is 32.2. The fraction of sp³-hybridized carbons (Fsp3) is 0.364. The first-order valence-electron chi connectivity index (χ1n) is 5.97. The number of nitrogens with zero attached hydrogens (tertiary/aromatic N) is 1. The average molecular weight is 317 g/mol. The van der Waals surface area contributed by atoms with Gasteiger partial charge >= 0.3 is 5.97 Å². The predicted octanol–water partition coefficient (Wildman–Crippen LogP) is 0.0652. The number of hydrogen-bond donors (Lipinski definition) is 3. The van der Waals surface area contributed by atoms with Crippen LogP contribution in [0.25, 0.3) is 0 Å². The number of nitro groups is 1. The Hall–Kier alpha value is -2.04. The van der Waals surface area contributed by atoms with E-state index in [-0.39, 0.29) is 23.5 Å². The van der Waals surface area contributed by atoms with Crippen LogP contribution in [-0.4, -0.2) is 37.0 Å². The van der Waals surface area contributed by atoms with Gasteiger partial charge in [0.05, 0.1) is 9.82 Å². The molecule has 4 N–H and O–H groups in total. The van der Waals surface area contributed by atoms with Crippen molar-refractivity contribution in [1.29, 1.82) is 0 Å². The zero-order valence-corrected chi connectivity index (χ0v) is 11.7. The summed E-state index contributed by atoms with van der Waals surface area (Å²) < 4.78 is 26.1. The largest absolute Gasteiger partial charge is 0.480 e. The van der Waals surface area contributed by atoms with E-state index in [1.807, 2.05) is 4.72 Å². The van der Waals surface area contributed by atoms with Gasteiger partial charge in [-0.25, -0.2) is 8.42 Å². The summed E-state index contributed by atoms with van der Waals surface area (Å²) in [7, 11) is -4.07. The molecular weight excluding hydrogens is 302 g/mol. The normalized spacial score (nSPS) is 12.8. The summed E-state index contributed by atoms with van der Waals surface area (Å²) in [5, 5.41) is 19.5. The second kappa shape index (κ2) is 7.11. The highest BCUT2D eigenvalue weighted by Crippen LogP contribution is 2.16. The Kier molecular flexibility index (Phi) is 5.76. The molecule has 0 spiro atoms. The first kappa shape index (κ1) is 17.0. The molecule has 0 saturated carbocycles. The van der Waals surface area contributed by atoms with E-state index < -0.39 is 27.0 Å². The molecule has 0 bridgehead atoms. The Morgan fingerprint density at radius 3 is 2.38 bits per heavy atom. The third-order valence-corrected chi connectivity index (χ3v) is 4.14. The molecule has 0 aromatic heterocycles. The lowest BCUT2D eigenvalue weighted by Gasteiger charge is -2.14. The lowest BCUT2D eigenvalue weighted by Crippen LogP contribution is -2.40. The fourth-order valence-corrected chi connectivity index (χ4v) is 2.78. The Morgan fingerprint density at radius 2 is 1.95 bits per heavy atom. The van der Waals surface area contributed by atoms with Gasteiger partial charge < -0.3 is 10.8 Å². The van der Waals surface area contributed by atoms with Gasteiger partial charge in [0.15, 0.2) is 0 Å². The lowest BCUT2D eigenvalue weighted by atomic mass is 10.2. The molecule has 1 rings (SSSR count). The molecule has 0 saturated heterocycles. The number of non-ortho nitro benzene ring substituents is 1. The van der Waals surface area contributed by atoms with Crippen LogP contribution in [0.15, 0.2) is 29.2 Å². The maximum atomic E-state index is 12.0. The van der Waals surface area contributed by atoms with Crippen LogP contribution in [-0.2, 0) is 14.8 Å². The monoisotopic (exact) mass is 317 g/mol. The summed E-state index contributed by atoms with van der Waals surface area (Å²) >= 11 is 0. The van der Waals surface area contributed by atoms with Gasteiger partial charge in [-0.05, 0) is 31.5 Å². The first-order valence-corrected chi connectivity index (χ1v) is 7.46. The predicted molar refractivity (Wildman–Crippen MR) is 73.1 cm³/mol. The molecule has 0 aliphatic heterocycles. The molecule has 0 heterocycles. The molecule has 0 unspecified atom stereocenters. The Labute approximate surface area is 121 Å². The van der Waals surface area contributed by atoms with E-state index in [1.165, 1.54) is 0 Å². The van der Waals surface area contributed by atoms with Crippen LogP contribution >= 0.6 is 0 Å². The second-order valence-corrected chi connectivity index (χ2v) is 5.91. The molecule has 0 amide bonds. The third kappa shape index (κ3) is 4.77. The molecule has 1 aromatic rings. The molecule has 0 aliphatic rings. The van der Waals surface area contributed by atoms with E-state index >= 15 is 0 Å². The third-order valence-electron chi connectivity index (χ3n) is 2.65. The number of hydrogen-bond acceptors (Lipinski definition) is 6. The van der Waals surface area contributed by atoms with Crippen LogP contribution in [0.4, 0.5) is 5.69 Å². The summed E-state index contributed by atoms with van der Waals surface area (Å²) in [6.45, 7) is 0.239. The molecule has 0 aliphatic carbocycles. The number of nitrogens with one attached hydrogen (secondary N) is 1. The molecule has 21 heavy (non-hydrogen) atoms. The summed E-state index contributed by atoms with van der Waals surface area (Å²) in [6.07, 6.45) is 0.401. The van der Waals surface area contributed by atoms with Gasteiger partial charge in [0.1, 0.15) is 6.04 Å². The van der Waals surface area contributed by atoms with Gasteiger partial charge in [0, 0.05) is 12.1 Å². The number of rotatable bonds is 8. The van der Waals surface area contributed by atoms with Crippen LogP contribution in [0, 0.1) is 10.1 Å². The SMILES string of the molecule is NCCC[C@H](NS(=O)(=O)c1ccc([N+](=O)[O-])cc1)C(=O)O. The molecule has 1 atom stereocenters. The van der Waals surface area contributed by atoms with Crippen molar-refractivity contribution in [3.05, 3.63) is 34.4 Å². The summed E-state index contributed by atoms with van der Waals surface area (Å²) in [5.41, 5.74) is 5.01. The molecule has 1 aromatic carbocycles. The number of carboxylic acids is 1. The van der Waals surface area contributed by atoms with Crippen molar-refractivity contribution in [2.75, 3.05) is 6.54 Å². The fourth-order valence-electron chi connectivity index (χ4n) is 1.56. The molecule has 116 valence electrons. The van der Waals surface area contributed by atoms with E-state index in [0.29, 0.717) is 6.42 Å². The van der Waals surface area contributed by atoms with E-state index in [0.717, 1.165) is 24.3 Å². The van der Waals surface area contributed by atoms with Gasteiger partial charge in [-0.2, -0.15) is 4.72 Å². The molecule has 0 fully saturated rings. The van der Waals surface area contributed by atoms with Crippen molar-refractivity contribution in [3.63, 3.8) is 0 Å². The number of nitrogens with two attached hydrogens (primary N) is 1. The highest BCUT2D eigenvalue weighted by molar-refractivity contribution is 7.89. The van der Waals surface area contributed by atoms with Crippen molar-refractivity contribution in [2.24, 2.45) is 5.73 Å². The van der Waals surface area contributed by atoms with Gasteiger partial charge in [0.25, 0.3) is 5.69 Å². The topological polar surface area (TPSA) is 153 Å². The van der Waals surface area contributed by atoms with Crippen LogP contribution in [0.5, 0.6) is 0 Å². The number of nitro benzene ring substituents is 1. The van der Waals surface area contributed by atoms with Crippen molar-refractivity contribution in [1.82, 2.24) is 4.72 Å². The highest BCUT2D eigenvalue weighted by Gasteiger charge is 2.25. The minimum Gasteiger partial charge on any atom is -0.480 e. The van der Waals surface area contributed by atoms with Crippen LogP contribution in [0.1, 0.15) is 12.8 Å². The number of benzene rings is 1. The second-order valence-electron chi connectivity index (χ2n) is 4.19. The number of carboxylic acid groups (broad SMARTS) is 1. The van der Waals surface area contributed by atoms with Crippen LogP contribution < -0.4 is 10.5 Å². The van der Waals surface area contributed by atoms with Gasteiger partial charge in [-0.1, -0.05) is 0 Å². The maximum absolute atomic E-state index is 12.0. The van der Waals surface area contributed by atoms with Crippen molar-refractivity contribution in [3.8, 4) is 0 Å². The van der Waals surface area contributed by atoms with E-state index in [9.17, 15) is 23.3 Å². The van der Waals surface area contributed by atoms with E-state index in [2.05, 4.69) is 0 Å². The number of carbonyl (C=O) groups is 1. The molecule has 10 heteroatoms. The average Bonchev–Trinajstić information content (AvgIpc) is 2.43. The van der Waals surface area contributed by atoms with Gasteiger partial charge in [-0.15, -0.1) is 0 Å². The maximum Gasteiger partial charge on any atom is 0.321 e. The zero-order chi connectivity index (χ0) is 16.0. The van der Waals surface area contributed by atoms with E-state index in [1.54, 1.807) is 0 Å². The first-order chi connectivity index (χ1) is 9.77. The van der Waals surface area contributed by atoms with Crippen molar-refractivity contribution in [2.45, 2.75) is 23.8 Å². The smallest absolute Gasteiger partial charge is 0.321 e.